The SMILES string of the molecule is CCCC1CCc2c(sc(NC(=O)c3c(-c4c(Cl)cccc4Cl)noc3C)c2C(N)=O)C1. The van der Waals surface area contributed by atoms with Crippen molar-refractivity contribution in [2.45, 2.75) is 46.0 Å². The number of aromatic nitrogens is 1. The number of fused-ring (bicyclic) bond motifs is 1. The summed E-state index contributed by atoms with van der Waals surface area (Å²) in [4.78, 5) is 26.7. The number of rotatable bonds is 6. The number of hydrogen-bond acceptors (Lipinski definition) is 5. The van der Waals surface area contributed by atoms with Crippen molar-refractivity contribution >= 4 is 51.4 Å². The number of amides is 2. The van der Waals surface area contributed by atoms with Crippen LogP contribution in [-0.2, 0) is 12.8 Å². The van der Waals surface area contributed by atoms with Crippen LogP contribution in [0.2, 0.25) is 10.0 Å². The van der Waals surface area contributed by atoms with Crippen LogP contribution in [0.25, 0.3) is 11.3 Å². The Morgan fingerprint density at radius 2 is 2.00 bits per heavy atom. The molecule has 2 amide bonds. The summed E-state index contributed by atoms with van der Waals surface area (Å²) < 4.78 is 5.30. The molecule has 1 aliphatic rings. The molecule has 1 aliphatic carbocycles. The topological polar surface area (TPSA) is 98.2 Å². The molecule has 6 nitrogen and oxygen atoms in total. The average molecular weight is 492 g/mol. The van der Waals surface area contributed by atoms with Gasteiger partial charge < -0.3 is 15.6 Å². The van der Waals surface area contributed by atoms with Crippen molar-refractivity contribution in [2.24, 2.45) is 11.7 Å². The number of primary amides is 1. The Bertz CT molecular complexity index is 1180. The lowest BCUT2D eigenvalue weighted by atomic mass is 9.84. The maximum absolute atomic E-state index is 13.3. The number of anilines is 1. The second kappa shape index (κ2) is 9.25. The highest BCUT2D eigenvalue weighted by Gasteiger charge is 2.30. The van der Waals surface area contributed by atoms with E-state index >= 15 is 0 Å². The molecular formula is C23H23Cl2N3O3S. The standard InChI is InChI=1S/C23H23Cl2N3O3S/c1-3-5-12-8-9-13-16(10-12)32-23(18(13)21(26)29)27-22(30)17-11(2)31-28-20(17)19-14(24)6-4-7-15(19)25/h4,6-7,12H,3,5,8-10H2,1-2H3,(H2,26,29)(H,27,30). The molecule has 2 heterocycles. The van der Waals surface area contributed by atoms with Gasteiger partial charge >= 0.3 is 0 Å². The van der Waals surface area contributed by atoms with E-state index in [9.17, 15) is 9.59 Å². The van der Waals surface area contributed by atoms with Crippen LogP contribution in [0.1, 0.15) is 63.1 Å². The number of carbonyl (C=O) groups excluding carboxylic acids is 2. The maximum atomic E-state index is 13.3. The van der Waals surface area contributed by atoms with Crippen molar-refractivity contribution in [3.8, 4) is 11.3 Å². The molecule has 3 N–H and O–H groups in total. The Morgan fingerprint density at radius 1 is 1.28 bits per heavy atom. The van der Waals surface area contributed by atoms with E-state index in [4.69, 9.17) is 33.5 Å². The lowest BCUT2D eigenvalue weighted by molar-refractivity contribution is 0.1000. The van der Waals surface area contributed by atoms with E-state index in [2.05, 4.69) is 17.4 Å². The third-order valence-electron chi connectivity index (χ3n) is 5.83. The van der Waals surface area contributed by atoms with Gasteiger partial charge in [0, 0.05) is 10.4 Å². The second-order valence-electron chi connectivity index (χ2n) is 7.98. The van der Waals surface area contributed by atoms with Crippen molar-refractivity contribution in [3.05, 3.63) is 55.6 Å². The number of aryl methyl sites for hydroxylation is 1. The molecule has 4 rings (SSSR count). The Hall–Kier alpha value is -2.35. The van der Waals surface area contributed by atoms with Crippen LogP contribution < -0.4 is 11.1 Å². The molecule has 0 fully saturated rings. The molecule has 0 radical (unpaired) electrons. The minimum atomic E-state index is -0.539. The van der Waals surface area contributed by atoms with Crippen LogP contribution >= 0.6 is 34.5 Å². The van der Waals surface area contributed by atoms with E-state index in [1.807, 2.05) is 0 Å². The van der Waals surface area contributed by atoms with Crippen molar-refractivity contribution in [1.82, 2.24) is 5.16 Å². The molecular weight excluding hydrogens is 469 g/mol. The van der Waals surface area contributed by atoms with Crippen molar-refractivity contribution < 1.29 is 14.1 Å². The van der Waals surface area contributed by atoms with Crippen molar-refractivity contribution in [3.63, 3.8) is 0 Å². The second-order valence-corrected chi connectivity index (χ2v) is 9.90. The summed E-state index contributed by atoms with van der Waals surface area (Å²) in [6.45, 7) is 3.81. The van der Waals surface area contributed by atoms with Crippen LogP contribution in [0.15, 0.2) is 22.7 Å². The first-order chi connectivity index (χ1) is 15.3. The zero-order valence-electron chi connectivity index (χ0n) is 17.8. The van der Waals surface area contributed by atoms with Gasteiger partial charge in [-0.3, -0.25) is 9.59 Å². The molecule has 2 aromatic heterocycles. The summed E-state index contributed by atoms with van der Waals surface area (Å²) in [5, 5.41) is 8.08. The van der Waals surface area contributed by atoms with Gasteiger partial charge in [0.2, 0.25) is 0 Å². The Kier molecular flexibility index (Phi) is 6.60. The molecule has 0 bridgehead atoms. The number of hydrogen-bond donors (Lipinski definition) is 2. The molecule has 1 aromatic carbocycles. The average Bonchev–Trinajstić information content (AvgIpc) is 3.28. The normalized spacial score (nSPS) is 15.4. The first-order valence-electron chi connectivity index (χ1n) is 10.5. The third-order valence-corrected chi connectivity index (χ3v) is 7.63. The highest BCUT2D eigenvalue weighted by atomic mass is 35.5. The number of halogens is 2. The summed E-state index contributed by atoms with van der Waals surface area (Å²) in [6, 6.07) is 5.04. The smallest absolute Gasteiger partial charge is 0.262 e. The molecule has 1 unspecified atom stereocenters. The summed E-state index contributed by atoms with van der Waals surface area (Å²) >= 11 is 14.1. The van der Waals surface area contributed by atoms with Crippen LogP contribution in [0.4, 0.5) is 5.00 Å². The highest BCUT2D eigenvalue weighted by molar-refractivity contribution is 7.17. The molecule has 168 valence electrons. The molecule has 1 atom stereocenters. The van der Waals surface area contributed by atoms with Gasteiger partial charge in [-0.25, -0.2) is 0 Å². The maximum Gasteiger partial charge on any atom is 0.262 e. The number of benzene rings is 1. The van der Waals surface area contributed by atoms with Gasteiger partial charge in [-0.1, -0.05) is 54.2 Å². The van der Waals surface area contributed by atoms with Gasteiger partial charge in [0.15, 0.2) is 0 Å². The predicted molar refractivity (Wildman–Crippen MR) is 128 cm³/mol. The molecule has 0 saturated heterocycles. The van der Waals surface area contributed by atoms with E-state index in [1.165, 1.54) is 11.3 Å². The van der Waals surface area contributed by atoms with Gasteiger partial charge in [-0.15, -0.1) is 11.3 Å². The number of nitrogens with two attached hydrogens (primary N) is 1. The molecule has 32 heavy (non-hydrogen) atoms. The number of carbonyl (C=O) groups is 2. The van der Waals surface area contributed by atoms with Crippen LogP contribution in [0.3, 0.4) is 0 Å². The zero-order chi connectivity index (χ0) is 23.0. The van der Waals surface area contributed by atoms with E-state index in [-0.39, 0.29) is 11.3 Å². The highest BCUT2D eigenvalue weighted by Crippen LogP contribution is 2.42. The molecule has 0 spiro atoms. The van der Waals surface area contributed by atoms with Gasteiger partial charge in [0.1, 0.15) is 22.0 Å². The monoisotopic (exact) mass is 491 g/mol. The fraction of sp³-hybridized carbons (Fsp3) is 0.348. The molecule has 0 aliphatic heterocycles. The summed E-state index contributed by atoms with van der Waals surface area (Å²) in [7, 11) is 0. The first-order valence-corrected chi connectivity index (χ1v) is 12.0. The minimum Gasteiger partial charge on any atom is -0.365 e. The Morgan fingerprint density at radius 3 is 2.66 bits per heavy atom. The van der Waals surface area contributed by atoms with Gasteiger partial charge in [-0.2, -0.15) is 0 Å². The third kappa shape index (κ3) is 4.17. The minimum absolute atomic E-state index is 0.214. The number of thiophene rings is 1. The van der Waals surface area contributed by atoms with Crippen LogP contribution in [0, 0.1) is 12.8 Å². The van der Waals surface area contributed by atoms with E-state index in [1.54, 1.807) is 25.1 Å². The summed E-state index contributed by atoms with van der Waals surface area (Å²) in [5.74, 6) is -0.0905. The van der Waals surface area contributed by atoms with Gasteiger partial charge in [-0.05, 0) is 49.8 Å². The first kappa shape index (κ1) is 22.8. The largest absolute Gasteiger partial charge is 0.365 e. The summed E-state index contributed by atoms with van der Waals surface area (Å²) in [6.07, 6.45) is 4.98. The summed E-state index contributed by atoms with van der Waals surface area (Å²) in [5.41, 5.74) is 7.96. The van der Waals surface area contributed by atoms with E-state index in [0.717, 1.165) is 42.5 Å². The fourth-order valence-corrected chi connectivity index (χ4v) is 6.30. The Balaban J connectivity index is 1.71. The lowest BCUT2D eigenvalue weighted by Gasteiger charge is -2.21. The van der Waals surface area contributed by atoms with Crippen LogP contribution in [0.5, 0.6) is 0 Å². The lowest BCUT2D eigenvalue weighted by Crippen LogP contribution is -2.20. The predicted octanol–water partition coefficient (Wildman–Crippen LogP) is 6.27. The number of nitrogens with zero attached hydrogens (tertiary/aromatic N) is 1. The molecule has 0 saturated carbocycles. The number of nitrogens with one attached hydrogen (secondary N) is 1. The fourth-order valence-electron chi connectivity index (χ4n) is 4.36. The van der Waals surface area contributed by atoms with E-state index < -0.39 is 11.8 Å². The van der Waals surface area contributed by atoms with E-state index in [0.29, 0.717) is 37.9 Å². The van der Waals surface area contributed by atoms with Gasteiger partial charge in [0.05, 0.1) is 15.6 Å². The zero-order valence-corrected chi connectivity index (χ0v) is 20.1. The van der Waals surface area contributed by atoms with Gasteiger partial charge in [0.25, 0.3) is 11.8 Å². The quantitative estimate of drug-likeness (QED) is 0.424. The van der Waals surface area contributed by atoms with Crippen molar-refractivity contribution in [2.75, 3.05) is 5.32 Å². The van der Waals surface area contributed by atoms with Crippen molar-refractivity contribution in [1.29, 1.82) is 0 Å². The Labute approximate surface area is 200 Å². The van der Waals surface area contributed by atoms with Crippen LogP contribution in [-0.4, -0.2) is 17.0 Å². The molecule has 9 heteroatoms. The molecule has 3 aromatic rings.